The first-order valence-electron chi connectivity index (χ1n) is 9.83. The fraction of sp³-hybridized carbons (Fsp3) is 0.0833. The van der Waals surface area contributed by atoms with Gasteiger partial charge in [-0.1, -0.05) is 33.6 Å². The number of pyridine rings is 2. The molecule has 1 unspecified atom stereocenters. The van der Waals surface area contributed by atoms with Crippen LogP contribution in [0.3, 0.4) is 0 Å². The van der Waals surface area contributed by atoms with Gasteiger partial charge in [0.15, 0.2) is 6.10 Å². The Balaban J connectivity index is 1.55. The van der Waals surface area contributed by atoms with Crippen molar-refractivity contribution < 1.29 is 9.15 Å². The lowest BCUT2D eigenvalue weighted by Crippen LogP contribution is -2.03. The molecular formula is C24H16BrClN4O2. The molecule has 6 nitrogen and oxygen atoms in total. The summed E-state index contributed by atoms with van der Waals surface area (Å²) in [5.41, 5.74) is 3.35. The highest BCUT2D eigenvalue weighted by atomic mass is 79.9. The molecule has 0 spiro atoms. The van der Waals surface area contributed by atoms with Crippen molar-refractivity contribution in [2.24, 2.45) is 0 Å². The lowest BCUT2D eigenvalue weighted by atomic mass is 10.0. The first kappa shape index (κ1) is 20.6. The van der Waals surface area contributed by atoms with Crippen molar-refractivity contribution in [1.29, 1.82) is 0 Å². The summed E-state index contributed by atoms with van der Waals surface area (Å²) in [4.78, 5) is 8.89. The molecule has 0 saturated heterocycles. The second kappa shape index (κ2) is 8.68. The average molecular weight is 508 g/mol. The van der Waals surface area contributed by atoms with E-state index in [2.05, 4.69) is 31.1 Å². The Hall–Kier alpha value is -3.29. The molecule has 3 aromatic heterocycles. The second-order valence-electron chi connectivity index (χ2n) is 7.12. The summed E-state index contributed by atoms with van der Waals surface area (Å²) in [5, 5.41) is 10.0. The first-order valence-corrected chi connectivity index (χ1v) is 11.0. The third-order valence-electron chi connectivity index (χ3n) is 4.87. The van der Waals surface area contributed by atoms with E-state index >= 15 is 0 Å². The molecule has 2 aromatic carbocycles. The molecule has 32 heavy (non-hydrogen) atoms. The van der Waals surface area contributed by atoms with Crippen LogP contribution in [0.15, 0.2) is 81.9 Å². The summed E-state index contributed by atoms with van der Waals surface area (Å²) < 4.78 is 12.9. The summed E-state index contributed by atoms with van der Waals surface area (Å²) >= 11 is 9.59. The van der Waals surface area contributed by atoms with Gasteiger partial charge in [0.25, 0.3) is 5.89 Å². The van der Waals surface area contributed by atoms with Gasteiger partial charge in [-0.05, 0) is 61.5 Å². The quantitative estimate of drug-likeness (QED) is 0.257. The Morgan fingerprint density at radius 2 is 1.84 bits per heavy atom. The molecule has 5 aromatic rings. The molecule has 0 aliphatic heterocycles. The molecule has 0 amide bonds. The zero-order valence-electron chi connectivity index (χ0n) is 16.9. The van der Waals surface area contributed by atoms with Crippen LogP contribution in [0.2, 0.25) is 5.02 Å². The molecule has 0 aliphatic rings. The van der Waals surface area contributed by atoms with E-state index in [1.165, 1.54) is 0 Å². The van der Waals surface area contributed by atoms with Crippen LogP contribution in [0.1, 0.15) is 18.9 Å². The van der Waals surface area contributed by atoms with Crippen LogP contribution in [0.25, 0.3) is 33.6 Å². The maximum Gasteiger partial charge on any atom is 0.257 e. The molecule has 0 fully saturated rings. The minimum Gasteiger partial charge on any atom is -0.481 e. The summed E-state index contributed by atoms with van der Waals surface area (Å²) in [6.45, 7) is 1.85. The Morgan fingerprint density at radius 1 is 1.00 bits per heavy atom. The number of hydrogen-bond donors (Lipinski definition) is 0. The van der Waals surface area contributed by atoms with E-state index in [9.17, 15) is 0 Å². The Kier molecular flexibility index (Phi) is 5.59. The van der Waals surface area contributed by atoms with Crippen molar-refractivity contribution in [3.63, 3.8) is 0 Å². The maximum absolute atomic E-state index is 6.05. The Morgan fingerprint density at radius 3 is 2.66 bits per heavy atom. The minimum absolute atomic E-state index is 0.366. The van der Waals surface area contributed by atoms with Crippen molar-refractivity contribution in [3.05, 3.63) is 88.4 Å². The fourth-order valence-corrected chi connectivity index (χ4v) is 3.89. The molecule has 0 aliphatic carbocycles. The van der Waals surface area contributed by atoms with Gasteiger partial charge in [0.2, 0.25) is 5.89 Å². The van der Waals surface area contributed by atoms with Crippen LogP contribution in [-0.4, -0.2) is 20.2 Å². The third kappa shape index (κ3) is 4.22. The van der Waals surface area contributed by atoms with Crippen LogP contribution in [0.4, 0.5) is 0 Å². The van der Waals surface area contributed by atoms with Crippen LogP contribution in [-0.2, 0) is 0 Å². The first-order chi connectivity index (χ1) is 15.6. The molecule has 8 heteroatoms. The zero-order chi connectivity index (χ0) is 22.1. The molecule has 158 valence electrons. The van der Waals surface area contributed by atoms with Crippen LogP contribution < -0.4 is 4.74 Å². The van der Waals surface area contributed by atoms with Crippen molar-refractivity contribution in [2.75, 3.05) is 0 Å². The van der Waals surface area contributed by atoms with Crippen molar-refractivity contribution in [1.82, 2.24) is 20.2 Å². The van der Waals surface area contributed by atoms with Gasteiger partial charge in [0.1, 0.15) is 5.75 Å². The van der Waals surface area contributed by atoms with Gasteiger partial charge in [-0.3, -0.25) is 4.98 Å². The minimum atomic E-state index is -0.450. The van der Waals surface area contributed by atoms with Gasteiger partial charge in [-0.25, -0.2) is 4.98 Å². The fourth-order valence-electron chi connectivity index (χ4n) is 3.35. The number of aromatic nitrogens is 4. The standard InChI is InChI=1S/C24H16BrClN4O2/c1-14(31-18-4-2-3-17(26)12-18)23-29-30-24(32-23)20-13-22(15-7-9-27-10-8-15)28-21-6-5-16(25)11-19(20)21/h2-14H,1H3. The molecule has 0 N–H and O–H groups in total. The highest BCUT2D eigenvalue weighted by Gasteiger charge is 2.19. The molecule has 5 rings (SSSR count). The summed E-state index contributed by atoms with van der Waals surface area (Å²) in [6, 6.07) is 18.9. The summed E-state index contributed by atoms with van der Waals surface area (Å²) in [6.07, 6.45) is 3.03. The highest BCUT2D eigenvalue weighted by molar-refractivity contribution is 9.10. The summed E-state index contributed by atoms with van der Waals surface area (Å²) in [7, 11) is 0. The Labute approximate surface area is 197 Å². The van der Waals surface area contributed by atoms with Gasteiger partial charge in [-0.2, -0.15) is 0 Å². The van der Waals surface area contributed by atoms with Crippen LogP contribution >= 0.6 is 27.5 Å². The molecule has 0 saturated carbocycles. The monoisotopic (exact) mass is 506 g/mol. The number of halogens is 2. The SMILES string of the molecule is CC(Oc1cccc(Cl)c1)c1nnc(-c2cc(-c3ccncc3)nc3ccc(Br)cc23)o1. The molecule has 1 atom stereocenters. The normalized spacial score (nSPS) is 12.1. The number of ether oxygens (including phenoxy) is 1. The molecular weight excluding hydrogens is 492 g/mol. The number of nitrogens with zero attached hydrogens (tertiary/aromatic N) is 4. The van der Waals surface area contributed by atoms with Gasteiger partial charge in [0.05, 0.1) is 16.8 Å². The number of rotatable bonds is 5. The van der Waals surface area contributed by atoms with Crippen molar-refractivity contribution in [3.8, 4) is 28.5 Å². The predicted octanol–water partition coefficient (Wildman–Crippen LogP) is 6.90. The van der Waals surface area contributed by atoms with Gasteiger partial charge < -0.3 is 9.15 Å². The lowest BCUT2D eigenvalue weighted by Gasteiger charge is -2.11. The largest absolute Gasteiger partial charge is 0.481 e. The molecule has 0 radical (unpaired) electrons. The van der Waals surface area contributed by atoms with Gasteiger partial charge in [-0.15, -0.1) is 10.2 Å². The van der Waals surface area contributed by atoms with Gasteiger partial charge >= 0.3 is 0 Å². The lowest BCUT2D eigenvalue weighted by molar-refractivity contribution is 0.189. The smallest absolute Gasteiger partial charge is 0.257 e. The van der Waals surface area contributed by atoms with E-state index in [0.29, 0.717) is 22.6 Å². The van der Waals surface area contributed by atoms with Gasteiger partial charge in [0, 0.05) is 32.8 Å². The van der Waals surface area contributed by atoms with Crippen LogP contribution in [0, 0.1) is 0 Å². The number of fused-ring (bicyclic) bond motifs is 1. The van der Waals surface area contributed by atoms with Crippen LogP contribution in [0.5, 0.6) is 5.75 Å². The second-order valence-corrected chi connectivity index (χ2v) is 8.47. The number of hydrogen-bond acceptors (Lipinski definition) is 6. The Bertz CT molecular complexity index is 1410. The maximum atomic E-state index is 6.05. The van der Waals surface area contributed by atoms with Crippen molar-refractivity contribution in [2.45, 2.75) is 13.0 Å². The topological polar surface area (TPSA) is 73.9 Å². The van der Waals surface area contributed by atoms with E-state index in [1.54, 1.807) is 24.5 Å². The third-order valence-corrected chi connectivity index (χ3v) is 5.60. The molecule has 3 heterocycles. The van der Waals surface area contributed by atoms with E-state index in [-0.39, 0.29) is 0 Å². The number of benzene rings is 2. The van der Waals surface area contributed by atoms with E-state index in [1.807, 2.05) is 55.5 Å². The zero-order valence-corrected chi connectivity index (χ0v) is 19.2. The average Bonchev–Trinajstić information content (AvgIpc) is 3.29. The van der Waals surface area contributed by atoms with E-state index < -0.39 is 6.10 Å². The predicted molar refractivity (Wildman–Crippen MR) is 126 cm³/mol. The van der Waals surface area contributed by atoms with Crippen molar-refractivity contribution >= 4 is 38.4 Å². The molecule has 0 bridgehead atoms. The highest BCUT2D eigenvalue weighted by Crippen LogP contribution is 2.34. The van der Waals surface area contributed by atoms with E-state index in [0.717, 1.165) is 32.2 Å². The van der Waals surface area contributed by atoms with E-state index in [4.69, 9.17) is 25.7 Å². The summed E-state index contributed by atoms with van der Waals surface area (Å²) in [5.74, 6) is 1.38.